The van der Waals surface area contributed by atoms with Crippen LogP contribution in [0, 0.1) is 6.92 Å². The second kappa shape index (κ2) is 7.44. The van der Waals surface area contributed by atoms with Crippen LogP contribution in [0.1, 0.15) is 18.2 Å². The Morgan fingerprint density at radius 2 is 1.83 bits per heavy atom. The van der Waals surface area contributed by atoms with Gasteiger partial charge in [0.1, 0.15) is 6.54 Å². The minimum Gasteiger partial charge on any atom is -0.465 e. The number of alkyl halides is 3. The number of esters is 1. The lowest BCUT2D eigenvalue weighted by atomic mass is 10.0. The zero-order valence-electron chi connectivity index (χ0n) is 16.3. The average Bonchev–Trinajstić information content (AvgIpc) is 3.01. The first kappa shape index (κ1) is 19.9. The number of aryl methyl sites for hydroxylation is 1. The van der Waals surface area contributed by atoms with Gasteiger partial charge in [0.05, 0.1) is 28.9 Å². The lowest BCUT2D eigenvalue weighted by molar-refractivity contribution is -0.144. The summed E-state index contributed by atoms with van der Waals surface area (Å²) in [6, 6.07) is 14.0. The number of hydrogen-bond donors (Lipinski definition) is 0. The highest BCUT2D eigenvalue weighted by atomic mass is 19.4. The van der Waals surface area contributed by atoms with Gasteiger partial charge in [-0.2, -0.15) is 18.3 Å². The average molecular weight is 413 g/mol. The van der Waals surface area contributed by atoms with Gasteiger partial charge in [0.25, 0.3) is 0 Å². The maximum Gasteiger partial charge on any atom is 0.417 e. The van der Waals surface area contributed by atoms with Crippen LogP contribution in [0.3, 0.4) is 0 Å². The lowest BCUT2D eigenvalue weighted by Gasteiger charge is -2.12. The molecule has 0 N–H and O–H groups in total. The van der Waals surface area contributed by atoms with Crippen molar-refractivity contribution in [2.45, 2.75) is 26.6 Å². The largest absolute Gasteiger partial charge is 0.465 e. The summed E-state index contributed by atoms with van der Waals surface area (Å²) in [5, 5.41) is 5.87. The van der Waals surface area contributed by atoms with Crippen LogP contribution < -0.4 is 0 Å². The zero-order valence-corrected chi connectivity index (χ0v) is 16.3. The second-order valence-corrected chi connectivity index (χ2v) is 6.86. The van der Waals surface area contributed by atoms with Crippen molar-refractivity contribution in [3.63, 3.8) is 0 Å². The maximum atomic E-state index is 13.9. The standard InChI is InChI=1S/C22H18F3N3O2/c1-3-30-19(29)12-28-21-20(13(2)27-28)17(22(23,24)25)11-18(26-21)16-9-8-14-6-4-5-7-15(14)10-16/h4-11H,3,12H2,1-2H3. The minimum atomic E-state index is -4.60. The van der Waals surface area contributed by atoms with Gasteiger partial charge in [-0.05, 0) is 36.8 Å². The van der Waals surface area contributed by atoms with Crippen molar-refractivity contribution in [2.75, 3.05) is 6.61 Å². The van der Waals surface area contributed by atoms with Gasteiger partial charge in [-0.1, -0.05) is 36.4 Å². The van der Waals surface area contributed by atoms with Crippen molar-refractivity contribution < 1.29 is 22.7 Å². The fraction of sp³-hybridized carbons (Fsp3) is 0.227. The third-order valence-electron chi connectivity index (χ3n) is 4.81. The molecule has 0 fully saturated rings. The predicted molar refractivity (Wildman–Crippen MR) is 107 cm³/mol. The molecule has 0 radical (unpaired) electrons. The van der Waals surface area contributed by atoms with Crippen molar-refractivity contribution in [1.82, 2.24) is 14.8 Å². The molecule has 0 aliphatic rings. The number of hydrogen-bond acceptors (Lipinski definition) is 4. The highest BCUT2D eigenvalue weighted by Crippen LogP contribution is 2.38. The molecule has 0 saturated carbocycles. The van der Waals surface area contributed by atoms with Crippen molar-refractivity contribution in [3.05, 3.63) is 59.8 Å². The summed E-state index contributed by atoms with van der Waals surface area (Å²) in [6.07, 6.45) is -4.60. The number of rotatable bonds is 4. The van der Waals surface area contributed by atoms with Crippen molar-refractivity contribution >= 4 is 27.8 Å². The number of benzene rings is 2. The Kier molecular flexibility index (Phi) is 4.93. The number of carbonyl (C=O) groups is 1. The minimum absolute atomic E-state index is 0.00135. The summed E-state index contributed by atoms with van der Waals surface area (Å²) in [5.74, 6) is -0.589. The van der Waals surface area contributed by atoms with Gasteiger partial charge in [0, 0.05) is 5.56 Å². The fourth-order valence-corrected chi connectivity index (χ4v) is 3.51. The van der Waals surface area contributed by atoms with Crippen LogP contribution in [0.15, 0.2) is 48.5 Å². The monoisotopic (exact) mass is 413 g/mol. The van der Waals surface area contributed by atoms with Crippen LogP contribution >= 0.6 is 0 Å². The molecule has 154 valence electrons. The van der Waals surface area contributed by atoms with Gasteiger partial charge in [0.2, 0.25) is 0 Å². The van der Waals surface area contributed by atoms with E-state index in [0.717, 1.165) is 16.8 Å². The normalized spacial score (nSPS) is 11.9. The number of carbonyl (C=O) groups excluding carboxylic acids is 1. The van der Waals surface area contributed by atoms with E-state index in [-0.39, 0.29) is 35.6 Å². The lowest BCUT2D eigenvalue weighted by Crippen LogP contribution is -2.15. The van der Waals surface area contributed by atoms with Crippen LogP contribution in [0.2, 0.25) is 0 Å². The summed E-state index contributed by atoms with van der Waals surface area (Å²) in [7, 11) is 0. The van der Waals surface area contributed by atoms with Crippen LogP contribution in [-0.2, 0) is 22.3 Å². The third kappa shape index (κ3) is 3.60. The highest BCUT2D eigenvalue weighted by Gasteiger charge is 2.36. The number of ether oxygens (including phenoxy) is 1. The molecule has 0 amide bonds. The Balaban J connectivity index is 1.94. The molecule has 0 bridgehead atoms. The van der Waals surface area contributed by atoms with E-state index in [1.165, 1.54) is 11.6 Å². The van der Waals surface area contributed by atoms with E-state index < -0.39 is 17.7 Å². The van der Waals surface area contributed by atoms with Crippen LogP contribution in [0.5, 0.6) is 0 Å². The molecule has 2 aromatic heterocycles. The molecule has 0 saturated heterocycles. The summed E-state index contributed by atoms with van der Waals surface area (Å²) in [6.45, 7) is 2.98. The smallest absolute Gasteiger partial charge is 0.417 e. The zero-order chi connectivity index (χ0) is 21.5. The van der Waals surface area contributed by atoms with Crippen LogP contribution in [-0.4, -0.2) is 27.3 Å². The Labute approximate surface area is 170 Å². The third-order valence-corrected chi connectivity index (χ3v) is 4.81. The number of pyridine rings is 1. The molecule has 0 unspecified atom stereocenters. The van der Waals surface area contributed by atoms with E-state index in [4.69, 9.17) is 4.74 Å². The Morgan fingerprint density at radius 1 is 1.10 bits per heavy atom. The highest BCUT2D eigenvalue weighted by molar-refractivity contribution is 5.90. The molecule has 0 atom stereocenters. The molecule has 4 rings (SSSR count). The number of nitrogens with zero attached hydrogens (tertiary/aromatic N) is 3. The molecular formula is C22H18F3N3O2. The molecular weight excluding hydrogens is 395 g/mol. The Hall–Kier alpha value is -3.42. The van der Waals surface area contributed by atoms with Gasteiger partial charge < -0.3 is 4.74 Å². The van der Waals surface area contributed by atoms with Crippen molar-refractivity contribution in [2.24, 2.45) is 0 Å². The molecule has 8 heteroatoms. The molecule has 0 aliphatic heterocycles. The number of halogens is 3. The van der Waals surface area contributed by atoms with Gasteiger partial charge in [-0.25, -0.2) is 9.67 Å². The quantitative estimate of drug-likeness (QED) is 0.435. The summed E-state index contributed by atoms with van der Waals surface area (Å²) < 4.78 is 47.7. The van der Waals surface area contributed by atoms with Gasteiger partial charge in [-0.3, -0.25) is 4.79 Å². The molecule has 2 aromatic carbocycles. The van der Waals surface area contributed by atoms with Crippen LogP contribution in [0.4, 0.5) is 13.2 Å². The summed E-state index contributed by atoms with van der Waals surface area (Å²) in [4.78, 5) is 16.4. The van der Waals surface area contributed by atoms with Crippen molar-refractivity contribution in [1.29, 1.82) is 0 Å². The topological polar surface area (TPSA) is 57.0 Å². The van der Waals surface area contributed by atoms with Gasteiger partial charge in [0.15, 0.2) is 5.65 Å². The molecule has 4 aromatic rings. The number of aromatic nitrogens is 3. The van der Waals surface area contributed by atoms with E-state index in [2.05, 4.69) is 10.1 Å². The molecule has 5 nitrogen and oxygen atoms in total. The van der Waals surface area contributed by atoms with E-state index in [1.54, 1.807) is 19.1 Å². The fourth-order valence-electron chi connectivity index (χ4n) is 3.51. The van der Waals surface area contributed by atoms with E-state index in [0.29, 0.717) is 5.56 Å². The molecule has 2 heterocycles. The van der Waals surface area contributed by atoms with E-state index >= 15 is 0 Å². The predicted octanol–water partition coefficient (Wildman–Crippen LogP) is 5.14. The van der Waals surface area contributed by atoms with E-state index in [1.807, 2.05) is 30.3 Å². The molecule has 0 spiro atoms. The summed E-state index contributed by atoms with van der Waals surface area (Å²) >= 11 is 0. The first-order valence-electron chi connectivity index (χ1n) is 9.38. The first-order valence-corrected chi connectivity index (χ1v) is 9.38. The Bertz CT molecular complexity index is 1260. The number of fused-ring (bicyclic) bond motifs is 2. The van der Waals surface area contributed by atoms with Gasteiger partial charge in [-0.15, -0.1) is 0 Å². The SMILES string of the molecule is CCOC(=O)Cn1nc(C)c2c(C(F)(F)F)cc(-c3ccc4ccccc4c3)nc21. The first-order chi connectivity index (χ1) is 14.3. The Morgan fingerprint density at radius 3 is 2.53 bits per heavy atom. The van der Waals surface area contributed by atoms with Crippen LogP contribution in [0.25, 0.3) is 33.1 Å². The summed E-state index contributed by atoms with van der Waals surface area (Å²) in [5.41, 5.74) is 0.0224. The van der Waals surface area contributed by atoms with E-state index in [9.17, 15) is 18.0 Å². The van der Waals surface area contributed by atoms with Crippen molar-refractivity contribution in [3.8, 4) is 11.3 Å². The maximum absolute atomic E-state index is 13.9. The second-order valence-electron chi connectivity index (χ2n) is 6.86. The molecule has 0 aliphatic carbocycles. The molecule has 30 heavy (non-hydrogen) atoms. The van der Waals surface area contributed by atoms with Gasteiger partial charge >= 0.3 is 12.1 Å².